The molecule has 5 N–H and O–H groups in total. The largest absolute Gasteiger partial charge is 0.573 e. The van der Waals surface area contributed by atoms with Gasteiger partial charge in [0, 0.05) is 18.2 Å². The highest BCUT2D eigenvalue weighted by Crippen LogP contribution is 2.30. The lowest BCUT2D eigenvalue weighted by atomic mass is 10.1. The Balaban J connectivity index is 2.98. The van der Waals surface area contributed by atoms with Crippen LogP contribution >= 0.6 is 0 Å². The minimum atomic E-state index is -4.78. The quantitative estimate of drug-likeness (QED) is 0.737. The topological polar surface area (TPSA) is 81.5 Å². The molecule has 16 heavy (non-hydrogen) atoms. The number of phenols is 1. The Morgan fingerprint density at radius 1 is 1.38 bits per heavy atom. The summed E-state index contributed by atoms with van der Waals surface area (Å²) in [6.07, 6.45) is -4.78. The molecule has 0 spiro atoms. The first-order valence-corrected chi connectivity index (χ1v) is 4.38. The molecule has 0 heterocycles. The summed E-state index contributed by atoms with van der Waals surface area (Å²) in [4.78, 5) is 0. The number of phenolic OH excluding ortho intramolecular Hbond substituents is 1. The van der Waals surface area contributed by atoms with E-state index in [1.54, 1.807) is 0 Å². The van der Waals surface area contributed by atoms with E-state index < -0.39 is 18.2 Å². The summed E-state index contributed by atoms with van der Waals surface area (Å²) >= 11 is 0. The molecule has 1 rings (SSSR count). The SMILES string of the molecule is NC[C@H](N)c1cc(OC(F)(F)F)ccc1O. The molecule has 0 aliphatic rings. The van der Waals surface area contributed by atoms with Crippen LogP contribution in [0.4, 0.5) is 13.2 Å². The second-order valence-corrected chi connectivity index (χ2v) is 3.11. The zero-order chi connectivity index (χ0) is 12.3. The monoisotopic (exact) mass is 236 g/mol. The van der Waals surface area contributed by atoms with Crippen molar-refractivity contribution in [2.45, 2.75) is 12.4 Å². The molecule has 0 radical (unpaired) electrons. The van der Waals surface area contributed by atoms with E-state index in [9.17, 15) is 18.3 Å². The van der Waals surface area contributed by atoms with E-state index in [4.69, 9.17) is 11.5 Å². The van der Waals surface area contributed by atoms with Crippen LogP contribution in [0, 0.1) is 0 Å². The van der Waals surface area contributed by atoms with E-state index >= 15 is 0 Å². The van der Waals surface area contributed by atoms with Crippen molar-refractivity contribution in [2.24, 2.45) is 11.5 Å². The lowest BCUT2D eigenvalue weighted by Crippen LogP contribution is -2.21. The number of benzene rings is 1. The Morgan fingerprint density at radius 3 is 2.50 bits per heavy atom. The molecular weight excluding hydrogens is 225 g/mol. The molecule has 0 fully saturated rings. The third kappa shape index (κ3) is 3.28. The molecule has 0 amide bonds. The lowest BCUT2D eigenvalue weighted by Gasteiger charge is -2.14. The minimum Gasteiger partial charge on any atom is -0.508 e. The molecular formula is C9H11F3N2O2. The van der Waals surface area contributed by atoms with Crippen LogP contribution < -0.4 is 16.2 Å². The predicted octanol–water partition coefficient (Wildman–Crippen LogP) is 1.25. The molecule has 4 nitrogen and oxygen atoms in total. The molecule has 0 saturated carbocycles. The Hall–Kier alpha value is -1.47. The van der Waals surface area contributed by atoms with Crippen LogP contribution in [0.1, 0.15) is 11.6 Å². The van der Waals surface area contributed by atoms with Gasteiger partial charge in [0.15, 0.2) is 0 Å². The number of ether oxygens (including phenoxy) is 1. The molecule has 7 heteroatoms. The van der Waals surface area contributed by atoms with Gasteiger partial charge in [0.05, 0.1) is 0 Å². The number of hydrogen-bond acceptors (Lipinski definition) is 4. The summed E-state index contributed by atoms with van der Waals surface area (Å²) < 4.78 is 39.4. The molecule has 90 valence electrons. The summed E-state index contributed by atoms with van der Waals surface area (Å²) in [5, 5.41) is 9.36. The summed E-state index contributed by atoms with van der Waals surface area (Å²) in [6, 6.07) is 2.35. The van der Waals surface area contributed by atoms with Crippen LogP contribution in [0.25, 0.3) is 0 Å². The van der Waals surface area contributed by atoms with Gasteiger partial charge in [-0.25, -0.2) is 0 Å². The van der Waals surface area contributed by atoms with E-state index in [1.165, 1.54) is 0 Å². The van der Waals surface area contributed by atoms with E-state index in [2.05, 4.69) is 4.74 Å². The molecule has 0 bridgehead atoms. The highest BCUT2D eigenvalue weighted by atomic mass is 19.4. The van der Waals surface area contributed by atoms with E-state index in [1.807, 2.05) is 0 Å². The highest BCUT2D eigenvalue weighted by molar-refractivity contribution is 5.41. The average Bonchev–Trinajstić information content (AvgIpc) is 2.18. The number of halogens is 3. The van der Waals surface area contributed by atoms with Crippen LogP contribution in [-0.2, 0) is 0 Å². The van der Waals surface area contributed by atoms with Gasteiger partial charge in [-0.1, -0.05) is 0 Å². The van der Waals surface area contributed by atoms with Gasteiger partial charge in [-0.3, -0.25) is 0 Å². The van der Waals surface area contributed by atoms with Gasteiger partial charge in [0.2, 0.25) is 0 Å². The fourth-order valence-corrected chi connectivity index (χ4v) is 1.15. The maximum absolute atomic E-state index is 11.9. The number of hydrogen-bond donors (Lipinski definition) is 3. The second-order valence-electron chi connectivity index (χ2n) is 3.11. The summed E-state index contributed by atoms with van der Waals surface area (Å²) in [7, 11) is 0. The highest BCUT2D eigenvalue weighted by Gasteiger charge is 2.31. The predicted molar refractivity (Wildman–Crippen MR) is 50.8 cm³/mol. The van der Waals surface area contributed by atoms with Crippen molar-refractivity contribution in [1.82, 2.24) is 0 Å². The van der Waals surface area contributed by atoms with E-state index in [0.717, 1.165) is 18.2 Å². The number of aromatic hydroxyl groups is 1. The van der Waals surface area contributed by atoms with Crippen molar-refractivity contribution in [2.75, 3.05) is 6.54 Å². The van der Waals surface area contributed by atoms with Crippen LogP contribution in [0.2, 0.25) is 0 Å². The maximum Gasteiger partial charge on any atom is 0.573 e. The average molecular weight is 236 g/mol. The molecule has 1 aromatic carbocycles. The third-order valence-corrected chi connectivity index (χ3v) is 1.89. The first-order chi connectivity index (χ1) is 7.33. The van der Waals surface area contributed by atoms with Crippen molar-refractivity contribution < 1.29 is 23.0 Å². The number of alkyl halides is 3. The summed E-state index contributed by atoms with van der Waals surface area (Å²) in [5.41, 5.74) is 10.9. The van der Waals surface area contributed by atoms with Gasteiger partial charge in [-0.2, -0.15) is 0 Å². The zero-order valence-electron chi connectivity index (χ0n) is 8.16. The Labute approximate surface area is 89.6 Å². The van der Waals surface area contributed by atoms with Gasteiger partial charge in [0.1, 0.15) is 11.5 Å². The maximum atomic E-state index is 11.9. The van der Waals surface area contributed by atoms with Gasteiger partial charge in [-0.15, -0.1) is 13.2 Å². The third-order valence-electron chi connectivity index (χ3n) is 1.89. The molecule has 0 aliphatic carbocycles. The first-order valence-electron chi connectivity index (χ1n) is 4.38. The number of nitrogens with two attached hydrogens (primary N) is 2. The minimum absolute atomic E-state index is 0.00301. The first kappa shape index (κ1) is 12.6. The van der Waals surface area contributed by atoms with E-state index in [-0.39, 0.29) is 17.9 Å². The molecule has 0 aliphatic heterocycles. The van der Waals surface area contributed by atoms with Gasteiger partial charge >= 0.3 is 6.36 Å². The molecule has 0 saturated heterocycles. The van der Waals surface area contributed by atoms with Crippen LogP contribution in [0.15, 0.2) is 18.2 Å². The lowest BCUT2D eigenvalue weighted by molar-refractivity contribution is -0.274. The standard InChI is InChI=1S/C9H11F3N2O2/c10-9(11,12)16-5-1-2-8(15)6(3-5)7(14)4-13/h1-3,7,15H,4,13-14H2/t7-/m0/s1. The van der Waals surface area contributed by atoms with E-state index in [0.29, 0.717) is 0 Å². The smallest absolute Gasteiger partial charge is 0.508 e. The second kappa shape index (κ2) is 4.58. The Bertz CT molecular complexity index is 368. The summed E-state index contributed by atoms with van der Waals surface area (Å²) in [5.74, 6) is -0.656. The molecule has 1 atom stereocenters. The number of rotatable bonds is 3. The fourth-order valence-electron chi connectivity index (χ4n) is 1.15. The van der Waals surface area contributed by atoms with Crippen LogP contribution in [-0.4, -0.2) is 18.0 Å². The van der Waals surface area contributed by atoms with Crippen molar-refractivity contribution in [3.05, 3.63) is 23.8 Å². The van der Waals surface area contributed by atoms with Crippen molar-refractivity contribution >= 4 is 0 Å². The summed E-state index contributed by atoms with van der Waals surface area (Å²) in [6.45, 7) is 0.00301. The van der Waals surface area contributed by atoms with Crippen molar-refractivity contribution in [3.8, 4) is 11.5 Å². The van der Waals surface area contributed by atoms with Crippen LogP contribution in [0.3, 0.4) is 0 Å². The van der Waals surface area contributed by atoms with Gasteiger partial charge < -0.3 is 21.3 Å². The normalized spacial score (nSPS) is 13.6. The van der Waals surface area contributed by atoms with Gasteiger partial charge in [0.25, 0.3) is 0 Å². The Kier molecular flexibility index (Phi) is 3.61. The molecule has 1 aromatic rings. The van der Waals surface area contributed by atoms with Crippen LogP contribution in [0.5, 0.6) is 11.5 Å². The molecule has 0 unspecified atom stereocenters. The van der Waals surface area contributed by atoms with Crippen molar-refractivity contribution in [1.29, 1.82) is 0 Å². The zero-order valence-corrected chi connectivity index (χ0v) is 8.16. The van der Waals surface area contributed by atoms with Crippen molar-refractivity contribution in [3.63, 3.8) is 0 Å². The fraction of sp³-hybridized carbons (Fsp3) is 0.333. The molecule has 0 aromatic heterocycles. The van der Waals surface area contributed by atoms with Gasteiger partial charge in [-0.05, 0) is 18.2 Å². The Morgan fingerprint density at radius 2 is 2.00 bits per heavy atom.